The molecule has 1 aliphatic rings. The average Bonchev–Trinajstić information content (AvgIpc) is 2.68. The Bertz CT molecular complexity index is 776. The Balaban J connectivity index is 1.66. The molecule has 1 fully saturated rings. The number of hydrogen-bond donors (Lipinski definition) is 1. The normalized spacial score (nSPS) is 15.0. The summed E-state index contributed by atoms with van der Waals surface area (Å²) in [6.45, 7) is 1.10. The molecule has 6 heteroatoms. The second kappa shape index (κ2) is 9.88. The fraction of sp³-hybridized carbons (Fsp3) is 0.429. The smallest absolute Gasteiger partial charge is 0.180 e. The highest BCUT2D eigenvalue weighted by Crippen LogP contribution is 2.37. The monoisotopic (exact) mass is 427 g/mol. The van der Waals surface area contributed by atoms with Crippen LogP contribution in [0.3, 0.4) is 0 Å². The quantitative estimate of drug-likeness (QED) is 0.535. The molecule has 1 saturated carbocycles. The number of methoxy groups -OCH3 is 1. The highest BCUT2D eigenvalue weighted by atomic mass is 35.5. The van der Waals surface area contributed by atoms with Crippen LogP contribution >= 0.6 is 34.8 Å². The number of ether oxygens (including phenoxy) is 2. The molecule has 0 amide bonds. The summed E-state index contributed by atoms with van der Waals surface area (Å²) in [5.74, 6) is 1.16. The van der Waals surface area contributed by atoms with Gasteiger partial charge in [-0.1, -0.05) is 60.1 Å². The first-order valence-corrected chi connectivity index (χ1v) is 10.4. The minimum atomic E-state index is 0.326. The molecule has 1 N–H and O–H groups in total. The van der Waals surface area contributed by atoms with E-state index in [1.54, 1.807) is 19.2 Å². The molecular formula is C21H24Cl3NO2. The minimum absolute atomic E-state index is 0.326. The predicted molar refractivity (Wildman–Crippen MR) is 113 cm³/mol. The lowest BCUT2D eigenvalue weighted by molar-refractivity contribution is 0.284. The third kappa shape index (κ3) is 5.68. The lowest BCUT2D eigenvalue weighted by Crippen LogP contribution is -2.30. The van der Waals surface area contributed by atoms with E-state index in [4.69, 9.17) is 44.3 Å². The van der Waals surface area contributed by atoms with Crippen LogP contribution in [0.2, 0.25) is 15.1 Å². The van der Waals surface area contributed by atoms with Crippen LogP contribution in [-0.4, -0.2) is 13.2 Å². The first-order valence-electron chi connectivity index (χ1n) is 9.23. The number of rotatable bonds is 7. The van der Waals surface area contributed by atoms with Crippen LogP contribution in [0.15, 0.2) is 30.3 Å². The highest BCUT2D eigenvalue weighted by molar-refractivity contribution is 6.42. The van der Waals surface area contributed by atoms with Crippen molar-refractivity contribution in [3.63, 3.8) is 0 Å². The Morgan fingerprint density at radius 2 is 1.67 bits per heavy atom. The number of nitrogens with one attached hydrogen (secondary N) is 1. The van der Waals surface area contributed by atoms with Gasteiger partial charge in [0.15, 0.2) is 11.5 Å². The minimum Gasteiger partial charge on any atom is -0.493 e. The van der Waals surface area contributed by atoms with Crippen molar-refractivity contribution in [3.8, 4) is 11.5 Å². The van der Waals surface area contributed by atoms with Gasteiger partial charge in [-0.2, -0.15) is 0 Å². The van der Waals surface area contributed by atoms with Gasteiger partial charge in [0.1, 0.15) is 6.61 Å². The molecule has 0 spiro atoms. The zero-order valence-electron chi connectivity index (χ0n) is 15.4. The number of halogens is 3. The Morgan fingerprint density at radius 1 is 0.926 bits per heavy atom. The SMILES string of the molecule is COc1cc(CNC2CCCCC2)cc(Cl)c1OCc1ccc(Cl)c(Cl)c1. The van der Waals surface area contributed by atoms with Crippen molar-refractivity contribution in [1.29, 1.82) is 0 Å². The van der Waals surface area contributed by atoms with Gasteiger partial charge < -0.3 is 14.8 Å². The van der Waals surface area contributed by atoms with E-state index in [0.717, 1.165) is 17.7 Å². The molecule has 3 rings (SSSR count). The van der Waals surface area contributed by atoms with Crippen LogP contribution in [0, 0.1) is 0 Å². The molecule has 0 atom stereocenters. The molecule has 1 aliphatic carbocycles. The molecule has 3 nitrogen and oxygen atoms in total. The average molecular weight is 429 g/mol. The van der Waals surface area contributed by atoms with Crippen molar-refractivity contribution in [2.24, 2.45) is 0 Å². The molecule has 2 aromatic rings. The van der Waals surface area contributed by atoms with Gasteiger partial charge in [0.25, 0.3) is 0 Å². The molecule has 0 aromatic heterocycles. The van der Waals surface area contributed by atoms with E-state index in [-0.39, 0.29) is 0 Å². The zero-order chi connectivity index (χ0) is 19.2. The van der Waals surface area contributed by atoms with Crippen LogP contribution < -0.4 is 14.8 Å². The summed E-state index contributed by atoms with van der Waals surface area (Å²) >= 11 is 18.5. The van der Waals surface area contributed by atoms with E-state index in [0.29, 0.717) is 39.2 Å². The molecule has 0 radical (unpaired) electrons. The van der Waals surface area contributed by atoms with Gasteiger partial charge in [0, 0.05) is 12.6 Å². The molecule has 0 heterocycles. The summed E-state index contributed by atoms with van der Waals surface area (Å²) in [5, 5.41) is 5.18. The third-order valence-electron chi connectivity index (χ3n) is 4.86. The maximum Gasteiger partial charge on any atom is 0.180 e. The van der Waals surface area contributed by atoms with Crippen LogP contribution in [-0.2, 0) is 13.2 Å². The van der Waals surface area contributed by atoms with Gasteiger partial charge in [-0.05, 0) is 48.2 Å². The molecular weight excluding hydrogens is 405 g/mol. The first-order chi connectivity index (χ1) is 13.1. The first kappa shape index (κ1) is 20.6. The van der Waals surface area contributed by atoms with Crippen LogP contribution in [0.5, 0.6) is 11.5 Å². The lowest BCUT2D eigenvalue weighted by Gasteiger charge is -2.23. The van der Waals surface area contributed by atoms with Crippen LogP contribution in [0.4, 0.5) is 0 Å². The summed E-state index contributed by atoms with van der Waals surface area (Å²) in [4.78, 5) is 0. The fourth-order valence-electron chi connectivity index (χ4n) is 3.37. The molecule has 0 unspecified atom stereocenters. The Morgan fingerprint density at radius 3 is 2.37 bits per heavy atom. The Kier molecular flexibility index (Phi) is 7.54. The lowest BCUT2D eigenvalue weighted by atomic mass is 9.95. The van der Waals surface area contributed by atoms with E-state index < -0.39 is 0 Å². The Labute approximate surface area is 175 Å². The van der Waals surface area contributed by atoms with Crippen molar-refractivity contribution in [3.05, 3.63) is 56.5 Å². The van der Waals surface area contributed by atoms with E-state index in [2.05, 4.69) is 5.32 Å². The van der Waals surface area contributed by atoms with Crippen molar-refractivity contribution >= 4 is 34.8 Å². The second-order valence-corrected chi connectivity index (χ2v) is 8.08. The molecule has 0 saturated heterocycles. The fourth-order valence-corrected chi connectivity index (χ4v) is 3.98. The van der Waals surface area contributed by atoms with Crippen LogP contribution in [0.1, 0.15) is 43.2 Å². The molecule has 2 aromatic carbocycles. The van der Waals surface area contributed by atoms with E-state index in [9.17, 15) is 0 Å². The van der Waals surface area contributed by atoms with Crippen molar-refractivity contribution in [2.75, 3.05) is 7.11 Å². The van der Waals surface area contributed by atoms with Gasteiger partial charge in [-0.25, -0.2) is 0 Å². The molecule has 27 heavy (non-hydrogen) atoms. The second-order valence-electron chi connectivity index (χ2n) is 6.86. The van der Waals surface area contributed by atoms with E-state index >= 15 is 0 Å². The summed E-state index contributed by atoms with van der Waals surface area (Å²) in [5.41, 5.74) is 2.00. The standard InChI is InChI=1S/C21H24Cl3NO2/c1-26-20-11-15(12-25-16-5-3-2-4-6-16)10-19(24)21(20)27-13-14-7-8-17(22)18(23)9-14/h7-11,16,25H,2-6,12-13H2,1H3. The molecule has 0 bridgehead atoms. The summed E-state index contributed by atoms with van der Waals surface area (Å²) < 4.78 is 11.4. The van der Waals surface area contributed by atoms with Crippen molar-refractivity contribution in [1.82, 2.24) is 5.32 Å². The van der Waals surface area contributed by atoms with Crippen molar-refractivity contribution in [2.45, 2.75) is 51.3 Å². The van der Waals surface area contributed by atoms with Gasteiger partial charge in [0.2, 0.25) is 0 Å². The van der Waals surface area contributed by atoms with Gasteiger partial charge in [0.05, 0.1) is 22.2 Å². The maximum absolute atomic E-state index is 6.48. The van der Waals surface area contributed by atoms with Gasteiger partial charge in [-0.15, -0.1) is 0 Å². The highest BCUT2D eigenvalue weighted by Gasteiger charge is 2.15. The maximum atomic E-state index is 6.48. The predicted octanol–water partition coefficient (Wildman–Crippen LogP) is 6.66. The Hall–Kier alpha value is -1.13. The van der Waals surface area contributed by atoms with E-state index in [1.807, 2.05) is 18.2 Å². The number of hydrogen-bond acceptors (Lipinski definition) is 3. The summed E-state index contributed by atoms with van der Waals surface area (Å²) in [7, 11) is 1.62. The molecule has 146 valence electrons. The van der Waals surface area contributed by atoms with E-state index in [1.165, 1.54) is 32.1 Å². The van der Waals surface area contributed by atoms with Gasteiger partial charge in [-0.3, -0.25) is 0 Å². The third-order valence-corrected chi connectivity index (χ3v) is 5.88. The van der Waals surface area contributed by atoms with Crippen molar-refractivity contribution < 1.29 is 9.47 Å². The zero-order valence-corrected chi connectivity index (χ0v) is 17.6. The summed E-state index contributed by atoms with van der Waals surface area (Å²) in [6.07, 6.45) is 6.46. The van der Waals surface area contributed by atoms with Crippen LogP contribution in [0.25, 0.3) is 0 Å². The largest absolute Gasteiger partial charge is 0.493 e. The number of benzene rings is 2. The summed E-state index contributed by atoms with van der Waals surface area (Å²) in [6, 6.07) is 9.91. The molecule has 0 aliphatic heterocycles. The topological polar surface area (TPSA) is 30.5 Å². The van der Waals surface area contributed by atoms with Gasteiger partial charge >= 0.3 is 0 Å².